The Hall–Kier alpha value is -0.860. The molecule has 0 N–H and O–H groups in total. The molecule has 0 radical (unpaired) electrons. The zero-order valence-corrected chi connectivity index (χ0v) is 8.84. The predicted octanol–water partition coefficient (Wildman–Crippen LogP) is 4.42. The number of rotatable bonds is 0. The van der Waals surface area contributed by atoms with Gasteiger partial charge in [-0.15, -0.1) is 22.7 Å². The quantitative estimate of drug-likeness (QED) is 0.508. The molecule has 0 aliphatic carbocycles. The fourth-order valence-corrected chi connectivity index (χ4v) is 3.78. The molecular formula is C11H8S2. The molecule has 2 aromatic heterocycles. The van der Waals surface area contributed by atoms with Crippen molar-refractivity contribution < 1.29 is 0 Å². The first-order valence-corrected chi connectivity index (χ1v) is 5.96. The molecule has 2 heteroatoms. The van der Waals surface area contributed by atoms with E-state index in [4.69, 9.17) is 0 Å². The first kappa shape index (κ1) is 7.54. The van der Waals surface area contributed by atoms with Crippen molar-refractivity contribution in [2.45, 2.75) is 6.92 Å². The highest BCUT2D eigenvalue weighted by atomic mass is 32.1. The third-order valence-electron chi connectivity index (χ3n) is 2.35. The monoisotopic (exact) mass is 204 g/mol. The van der Waals surface area contributed by atoms with Gasteiger partial charge in [0.05, 0.1) is 9.40 Å². The van der Waals surface area contributed by atoms with Crippen molar-refractivity contribution in [1.82, 2.24) is 0 Å². The maximum Gasteiger partial charge on any atom is 0.0523 e. The Bertz CT molecular complexity index is 572. The van der Waals surface area contributed by atoms with Crippen molar-refractivity contribution in [3.05, 3.63) is 34.5 Å². The van der Waals surface area contributed by atoms with Crippen LogP contribution in [0.25, 0.3) is 20.2 Å². The van der Waals surface area contributed by atoms with E-state index in [0.717, 1.165) is 0 Å². The predicted molar refractivity (Wildman–Crippen MR) is 61.9 cm³/mol. The van der Waals surface area contributed by atoms with Gasteiger partial charge in [0.15, 0.2) is 0 Å². The summed E-state index contributed by atoms with van der Waals surface area (Å²) in [7, 11) is 0. The Morgan fingerprint density at radius 3 is 2.85 bits per heavy atom. The third-order valence-corrected chi connectivity index (χ3v) is 4.56. The van der Waals surface area contributed by atoms with Crippen LogP contribution in [0, 0.1) is 6.92 Å². The molecule has 64 valence electrons. The Balaban J connectivity index is 2.66. The smallest absolute Gasteiger partial charge is 0.0523 e. The van der Waals surface area contributed by atoms with E-state index in [0.29, 0.717) is 0 Å². The van der Waals surface area contributed by atoms with Gasteiger partial charge in [-0.1, -0.05) is 12.1 Å². The van der Waals surface area contributed by atoms with Gasteiger partial charge in [0, 0.05) is 0 Å². The molecule has 3 aromatic rings. The van der Waals surface area contributed by atoms with Crippen molar-refractivity contribution in [2.75, 3.05) is 0 Å². The van der Waals surface area contributed by atoms with Crippen LogP contribution < -0.4 is 0 Å². The highest BCUT2D eigenvalue weighted by Gasteiger charge is 2.04. The van der Waals surface area contributed by atoms with Crippen molar-refractivity contribution in [3.63, 3.8) is 0 Å². The number of fused-ring (bicyclic) bond motifs is 3. The van der Waals surface area contributed by atoms with E-state index in [1.807, 2.05) is 22.7 Å². The first-order valence-electron chi connectivity index (χ1n) is 4.20. The van der Waals surface area contributed by atoms with Gasteiger partial charge in [0.2, 0.25) is 0 Å². The summed E-state index contributed by atoms with van der Waals surface area (Å²) in [6.45, 7) is 2.18. The van der Waals surface area contributed by atoms with Crippen LogP contribution in [0.1, 0.15) is 5.56 Å². The minimum absolute atomic E-state index is 1.37. The summed E-state index contributed by atoms with van der Waals surface area (Å²) in [5, 5.41) is 7.20. The van der Waals surface area contributed by atoms with E-state index in [9.17, 15) is 0 Å². The molecule has 13 heavy (non-hydrogen) atoms. The third kappa shape index (κ3) is 0.960. The first-order chi connectivity index (χ1) is 6.36. The molecule has 0 nitrogen and oxygen atoms in total. The molecule has 0 bridgehead atoms. The maximum atomic E-state index is 2.24. The summed E-state index contributed by atoms with van der Waals surface area (Å²) in [4.78, 5) is 0. The van der Waals surface area contributed by atoms with Crippen molar-refractivity contribution >= 4 is 42.8 Å². The van der Waals surface area contributed by atoms with Gasteiger partial charge >= 0.3 is 0 Å². The lowest BCUT2D eigenvalue weighted by Crippen LogP contribution is -1.66. The van der Waals surface area contributed by atoms with Gasteiger partial charge in [-0.05, 0) is 40.1 Å². The van der Waals surface area contributed by atoms with Crippen LogP contribution in [-0.2, 0) is 0 Å². The van der Waals surface area contributed by atoms with E-state index in [1.54, 1.807) is 0 Å². The highest BCUT2D eigenvalue weighted by Crippen LogP contribution is 2.35. The van der Waals surface area contributed by atoms with E-state index >= 15 is 0 Å². The Morgan fingerprint density at radius 2 is 1.92 bits per heavy atom. The van der Waals surface area contributed by atoms with Crippen LogP contribution in [0.5, 0.6) is 0 Å². The van der Waals surface area contributed by atoms with Gasteiger partial charge < -0.3 is 0 Å². The number of benzene rings is 1. The minimum atomic E-state index is 1.37. The summed E-state index contributed by atoms with van der Waals surface area (Å²) in [6, 6.07) is 6.64. The summed E-state index contributed by atoms with van der Waals surface area (Å²) < 4.78 is 2.89. The molecule has 0 fully saturated rings. The SMILES string of the molecule is Cc1csc2c1ccc1ccsc12. The van der Waals surface area contributed by atoms with Crippen LogP contribution in [0.4, 0.5) is 0 Å². The second-order valence-corrected chi connectivity index (χ2v) is 5.00. The molecule has 0 aliphatic heterocycles. The van der Waals surface area contributed by atoms with Crippen molar-refractivity contribution in [3.8, 4) is 0 Å². The van der Waals surface area contributed by atoms with Crippen LogP contribution >= 0.6 is 22.7 Å². The van der Waals surface area contributed by atoms with Crippen molar-refractivity contribution in [1.29, 1.82) is 0 Å². The summed E-state index contributed by atoms with van der Waals surface area (Å²) in [5.41, 5.74) is 1.40. The fourth-order valence-electron chi connectivity index (χ4n) is 1.64. The van der Waals surface area contributed by atoms with Crippen LogP contribution in [0.15, 0.2) is 29.0 Å². The summed E-state index contributed by atoms with van der Waals surface area (Å²) in [5.74, 6) is 0. The van der Waals surface area contributed by atoms with E-state index in [1.165, 1.54) is 25.7 Å². The molecule has 0 aliphatic rings. The second kappa shape index (κ2) is 2.56. The average Bonchev–Trinajstić information content (AvgIpc) is 2.70. The summed E-state index contributed by atoms with van der Waals surface area (Å²) in [6.07, 6.45) is 0. The number of hydrogen-bond acceptors (Lipinski definition) is 2. The fraction of sp³-hybridized carbons (Fsp3) is 0.0909. The lowest BCUT2D eigenvalue weighted by atomic mass is 10.1. The van der Waals surface area contributed by atoms with Gasteiger partial charge in [0.1, 0.15) is 0 Å². The molecule has 0 saturated heterocycles. The maximum absolute atomic E-state index is 2.24. The molecule has 0 amide bonds. The highest BCUT2D eigenvalue weighted by molar-refractivity contribution is 7.25. The van der Waals surface area contributed by atoms with E-state index in [2.05, 4.69) is 35.9 Å². The Morgan fingerprint density at radius 1 is 1.00 bits per heavy atom. The van der Waals surface area contributed by atoms with Crippen molar-refractivity contribution in [2.24, 2.45) is 0 Å². The molecule has 0 saturated carbocycles. The van der Waals surface area contributed by atoms with Crippen LogP contribution in [-0.4, -0.2) is 0 Å². The minimum Gasteiger partial charge on any atom is -0.142 e. The Kier molecular flexibility index (Phi) is 1.49. The second-order valence-electron chi connectivity index (χ2n) is 3.20. The molecule has 2 heterocycles. The zero-order valence-electron chi connectivity index (χ0n) is 7.20. The van der Waals surface area contributed by atoms with Crippen LogP contribution in [0.2, 0.25) is 0 Å². The lowest BCUT2D eigenvalue weighted by Gasteiger charge is -1.92. The van der Waals surface area contributed by atoms with E-state index in [-0.39, 0.29) is 0 Å². The molecular weight excluding hydrogens is 196 g/mol. The van der Waals surface area contributed by atoms with E-state index < -0.39 is 0 Å². The molecule has 0 spiro atoms. The van der Waals surface area contributed by atoms with Gasteiger partial charge in [-0.3, -0.25) is 0 Å². The van der Waals surface area contributed by atoms with Gasteiger partial charge in [-0.2, -0.15) is 0 Å². The van der Waals surface area contributed by atoms with Gasteiger partial charge in [0.25, 0.3) is 0 Å². The molecule has 0 unspecified atom stereocenters. The largest absolute Gasteiger partial charge is 0.142 e. The standard InChI is InChI=1S/C11H8S2/c1-7-6-13-11-9(7)3-2-8-4-5-12-10(8)11/h2-6H,1H3. The number of hydrogen-bond donors (Lipinski definition) is 0. The molecule has 3 rings (SSSR count). The number of thiophene rings is 2. The molecule has 0 atom stereocenters. The lowest BCUT2D eigenvalue weighted by molar-refractivity contribution is 1.60. The summed E-state index contributed by atoms with van der Waals surface area (Å²) >= 11 is 3.70. The number of aryl methyl sites for hydroxylation is 1. The topological polar surface area (TPSA) is 0 Å². The van der Waals surface area contributed by atoms with Gasteiger partial charge in [-0.25, -0.2) is 0 Å². The average molecular weight is 204 g/mol. The molecule has 1 aromatic carbocycles. The normalized spacial score (nSPS) is 11.5. The Labute approximate surface area is 84.4 Å². The zero-order chi connectivity index (χ0) is 8.84. The van der Waals surface area contributed by atoms with Crippen LogP contribution in [0.3, 0.4) is 0 Å².